The van der Waals surface area contributed by atoms with Crippen molar-refractivity contribution in [1.82, 2.24) is 29.7 Å². The predicted molar refractivity (Wildman–Crippen MR) is 171 cm³/mol. The van der Waals surface area contributed by atoms with Crippen LogP contribution in [0.2, 0.25) is 0 Å². The number of carbonyl (C=O) groups is 3. The summed E-state index contributed by atoms with van der Waals surface area (Å²) in [5, 5.41) is 19.0. The van der Waals surface area contributed by atoms with Gasteiger partial charge in [-0.05, 0) is 30.0 Å². The van der Waals surface area contributed by atoms with Crippen LogP contribution in [0.4, 0.5) is 0 Å². The molecule has 0 radical (unpaired) electrons. The third-order valence-electron chi connectivity index (χ3n) is 9.55. The van der Waals surface area contributed by atoms with Crippen LogP contribution in [0.5, 0.6) is 0 Å². The zero-order valence-electron chi connectivity index (χ0n) is 25.5. The number of rotatable bonds is 8. The van der Waals surface area contributed by atoms with Crippen LogP contribution in [0.3, 0.4) is 0 Å². The van der Waals surface area contributed by atoms with Crippen LogP contribution in [-0.4, -0.2) is 94.3 Å². The van der Waals surface area contributed by atoms with Gasteiger partial charge in [-0.25, -0.2) is 4.68 Å². The highest BCUT2D eigenvalue weighted by atomic mass is 32.2. The van der Waals surface area contributed by atoms with Crippen molar-refractivity contribution in [3.8, 4) is 0 Å². The van der Waals surface area contributed by atoms with E-state index >= 15 is 0 Å². The van der Waals surface area contributed by atoms with E-state index in [0.717, 1.165) is 16.6 Å². The molecule has 3 aromatic rings. The van der Waals surface area contributed by atoms with Gasteiger partial charge in [0, 0.05) is 24.9 Å². The molecule has 2 fully saturated rings. The Morgan fingerprint density at radius 3 is 2.49 bits per heavy atom. The number of aliphatic hydroxyl groups is 1. The van der Waals surface area contributed by atoms with Crippen LogP contribution < -0.4 is 0 Å². The fourth-order valence-electron chi connectivity index (χ4n) is 7.65. The first-order valence-electron chi connectivity index (χ1n) is 15.7. The molecule has 0 aliphatic carbocycles. The fourth-order valence-corrected chi connectivity index (χ4v) is 9.64. The second-order valence-corrected chi connectivity index (χ2v) is 14.4. The summed E-state index contributed by atoms with van der Waals surface area (Å²) in [5.74, 6) is -1.69. The van der Waals surface area contributed by atoms with Crippen molar-refractivity contribution < 1.29 is 19.5 Å². The van der Waals surface area contributed by atoms with E-state index < -0.39 is 28.7 Å². The van der Waals surface area contributed by atoms with Crippen LogP contribution in [-0.2, 0) is 27.6 Å². The van der Waals surface area contributed by atoms with E-state index in [0.29, 0.717) is 26.1 Å². The number of thioether (sulfide) groups is 1. The summed E-state index contributed by atoms with van der Waals surface area (Å²) in [4.78, 5) is 49.1. The van der Waals surface area contributed by atoms with E-state index in [4.69, 9.17) is 0 Å². The zero-order chi connectivity index (χ0) is 31.3. The van der Waals surface area contributed by atoms with Gasteiger partial charge in [-0.3, -0.25) is 14.4 Å². The predicted octanol–water partition coefficient (Wildman–Crippen LogP) is 3.09. The Morgan fingerprint density at radius 1 is 0.956 bits per heavy atom. The molecule has 0 saturated carbocycles. The number of aromatic nitrogens is 3. The Morgan fingerprint density at radius 2 is 1.71 bits per heavy atom. The van der Waals surface area contributed by atoms with Crippen LogP contribution in [0.25, 0.3) is 11.0 Å². The lowest BCUT2D eigenvalue weighted by atomic mass is 9.78. The third kappa shape index (κ3) is 4.96. The molecule has 1 spiro atoms. The number of amides is 3. The average Bonchev–Trinajstić information content (AvgIpc) is 3.60. The lowest BCUT2D eigenvalue weighted by Gasteiger charge is -2.39. The SMILES string of the molecule is CC(C)C[C@H](CO)N1C(=O)[C@@H]2[C@@H]3C(=O)N(Cc4ccccc4)CC=C[C@@H]3S[C@@]23C=CCN(Cn2nnc4ccccc42)C(=O)C13. The summed E-state index contributed by atoms with van der Waals surface area (Å²) in [6, 6.07) is 16.0. The first-order chi connectivity index (χ1) is 21.8. The van der Waals surface area contributed by atoms with Gasteiger partial charge in [-0.1, -0.05) is 85.8 Å². The number of hydrogen-bond donors (Lipinski definition) is 1. The molecular formula is C34H38N6O4S. The Hall–Kier alpha value is -3.96. The van der Waals surface area contributed by atoms with Gasteiger partial charge in [-0.2, -0.15) is 0 Å². The minimum Gasteiger partial charge on any atom is -0.394 e. The topological polar surface area (TPSA) is 112 Å². The maximum atomic E-state index is 14.8. The molecule has 6 atom stereocenters. The molecular weight excluding hydrogens is 588 g/mol. The number of hydrogen-bond acceptors (Lipinski definition) is 7. The summed E-state index contributed by atoms with van der Waals surface area (Å²) in [7, 11) is 0. The largest absolute Gasteiger partial charge is 0.394 e. The Kier molecular flexibility index (Phi) is 7.77. The number of benzene rings is 2. The van der Waals surface area contributed by atoms with Crippen LogP contribution in [0, 0.1) is 17.8 Å². The van der Waals surface area contributed by atoms with Crippen molar-refractivity contribution >= 4 is 40.5 Å². The van der Waals surface area contributed by atoms with E-state index in [1.165, 1.54) is 0 Å². The molecule has 234 valence electrons. The number of nitrogens with zero attached hydrogens (tertiary/aromatic N) is 6. The van der Waals surface area contributed by atoms with Crippen molar-refractivity contribution in [2.24, 2.45) is 17.8 Å². The van der Waals surface area contributed by atoms with Gasteiger partial charge < -0.3 is 19.8 Å². The number of likely N-dealkylation sites (tertiary alicyclic amines) is 1. The van der Waals surface area contributed by atoms with Crippen molar-refractivity contribution in [2.45, 2.75) is 55.6 Å². The second kappa shape index (κ2) is 11.8. The highest BCUT2D eigenvalue weighted by Crippen LogP contribution is 2.61. The van der Waals surface area contributed by atoms with Crippen LogP contribution in [0.1, 0.15) is 25.8 Å². The Bertz CT molecular complexity index is 1670. The lowest BCUT2D eigenvalue weighted by Crippen LogP contribution is -2.56. The minimum atomic E-state index is -0.956. The van der Waals surface area contributed by atoms with Crippen molar-refractivity contribution in [1.29, 1.82) is 0 Å². The molecule has 10 nitrogen and oxygen atoms in total. The van der Waals surface area contributed by atoms with Crippen molar-refractivity contribution in [3.05, 3.63) is 84.5 Å². The minimum absolute atomic E-state index is 0.0716. The lowest BCUT2D eigenvalue weighted by molar-refractivity contribution is -0.147. The molecule has 1 unspecified atom stereocenters. The number of aliphatic hydroxyl groups excluding tert-OH is 1. The number of para-hydroxylation sites is 1. The molecule has 0 bridgehead atoms. The first-order valence-corrected chi connectivity index (χ1v) is 16.5. The van der Waals surface area contributed by atoms with Gasteiger partial charge in [-0.15, -0.1) is 16.9 Å². The molecule has 7 rings (SSSR count). The highest BCUT2D eigenvalue weighted by Gasteiger charge is 2.71. The number of fused-ring (bicyclic) bond motifs is 3. The molecule has 4 aliphatic heterocycles. The van der Waals surface area contributed by atoms with Gasteiger partial charge in [0.2, 0.25) is 17.7 Å². The van der Waals surface area contributed by atoms with E-state index in [-0.39, 0.29) is 42.2 Å². The number of carbonyl (C=O) groups excluding carboxylic acids is 3. The molecule has 5 heterocycles. The van der Waals surface area contributed by atoms with Gasteiger partial charge in [0.15, 0.2) is 0 Å². The molecule has 3 amide bonds. The zero-order valence-corrected chi connectivity index (χ0v) is 26.3. The van der Waals surface area contributed by atoms with E-state index in [1.54, 1.807) is 26.2 Å². The molecule has 45 heavy (non-hydrogen) atoms. The van der Waals surface area contributed by atoms with Gasteiger partial charge in [0.25, 0.3) is 0 Å². The smallest absolute Gasteiger partial charge is 0.248 e. The quantitative estimate of drug-likeness (QED) is 0.383. The normalized spacial score (nSPS) is 28.4. The Labute approximate surface area is 266 Å². The first kappa shape index (κ1) is 29.7. The molecule has 4 aliphatic rings. The van der Waals surface area contributed by atoms with Crippen LogP contribution >= 0.6 is 11.8 Å². The van der Waals surface area contributed by atoms with E-state index in [2.05, 4.69) is 16.4 Å². The standard InChI is InChI=1S/C34H38N6O4S/c1-22(2)18-24(20-41)40-30-33(44)38(21-39-26-13-7-6-12-25(26)35-36-39)17-9-15-34(30)29(32(40)43)28-27(45-34)14-8-16-37(31(28)42)19-23-10-4-3-5-11-23/h3-15,22,24,27-30,41H,16-21H2,1-2H3/t24-,27+,28-,29+,30?,34+/m1/s1. The highest BCUT2D eigenvalue weighted by molar-refractivity contribution is 8.02. The van der Waals surface area contributed by atoms with Gasteiger partial charge in [0.05, 0.1) is 34.7 Å². The Balaban J connectivity index is 1.28. The summed E-state index contributed by atoms with van der Waals surface area (Å²) in [6.45, 7) is 5.22. The molecule has 1 aromatic heterocycles. The second-order valence-electron chi connectivity index (χ2n) is 12.9. The summed E-state index contributed by atoms with van der Waals surface area (Å²) in [5.41, 5.74) is 2.57. The average molecular weight is 627 g/mol. The summed E-state index contributed by atoms with van der Waals surface area (Å²) < 4.78 is 0.748. The molecule has 2 saturated heterocycles. The summed E-state index contributed by atoms with van der Waals surface area (Å²) >= 11 is 1.56. The van der Waals surface area contributed by atoms with Gasteiger partial charge >= 0.3 is 0 Å². The maximum absolute atomic E-state index is 14.8. The monoisotopic (exact) mass is 626 g/mol. The van der Waals surface area contributed by atoms with E-state index in [1.807, 2.05) is 91.6 Å². The molecule has 2 aromatic carbocycles. The maximum Gasteiger partial charge on any atom is 0.248 e. The van der Waals surface area contributed by atoms with Crippen molar-refractivity contribution in [2.75, 3.05) is 19.7 Å². The van der Waals surface area contributed by atoms with Crippen LogP contribution in [0.15, 0.2) is 78.9 Å². The molecule has 11 heteroatoms. The van der Waals surface area contributed by atoms with E-state index in [9.17, 15) is 19.5 Å². The third-order valence-corrected chi connectivity index (χ3v) is 11.3. The fraction of sp³-hybridized carbons (Fsp3) is 0.441. The molecule has 1 N–H and O–H groups in total. The van der Waals surface area contributed by atoms with Gasteiger partial charge in [0.1, 0.15) is 18.2 Å². The summed E-state index contributed by atoms with van der Waals surface area (Å²) in [6.07, 6.45) is 8.60. The van der Waals surface area contributed by atoms with Crippen molar-refractivity contribution in [3.63, 3.8) is 0 Å².